The van der Waals surface area contributed by atoms with Crippen LogP contribution in [-0.4, -0.2) is 48.3 Å². The summed E-state index contributed by atoms with van der Waals surface area (Å²) in [6, 6.07) is 1.02. The zero-order valence-corrected chi connectivity index (χ0v) is 9.50. The van der Waals surface area contributed by atoms with Gasteiger partial charge in [-0.15, -0.1) is 0 Å². The fourth-order valence-electron chi connectivity index (χ4n) is 2.07. The van der Waals surface area contributed by atoms with Crippen molar-refractivity contribution in [2.45, 2.75) is 45.2 Å². The van der Waals surface area contributed by atoms with Gasteiger partial charge in [-0.2, -0.15) is 0 Å². The van der Waals surface area contributed by atoms with Crippen molar-refractivity contribution in [2.24, 2.45) is 0 Å². The molecule has 1 aliphatic heterocycles. The second-order valence-corrected chi connectivity index (χ2v) is 4.48. The van der Waals surface area contributed by atoms with Crippen molar-refractivity contribution in [2.75, 3.05) is 26.2 Å². The Bertz CT molecular complexity index is 150. The Morgan fingerprint density at radius 1 is 1.50 bits per heavy atom. The summed E-state index contributed by atoms with van der Waals surface area (Å²) >= 11 is 0. The van der Waals surface area contributed by atoms with E-state index in [0.717, 1.165) is 13.1 Å². The van der Waals surface area contributed by atoms with E-state index >= 15 is 0 Å². The van der Waals surface area contributed by atoms with Crippen LogP contribution in [0.4, 0.5) is 0 Å². The van der Waals surface area contributed by atoms with Crippen molar-refractivity contribution in [1.29, 1.82) is 0 Å². The Balaban J connectivity index is 2.05. The number of nitrogens with one attached hydrogen (secondary N) is 1. The normalized spacial score (nSPS) is 23.6. The Hall–Kier alpha value is -0.120. The van der Waals surface area contributed by atoms with Crippen LogP contribution < -0.4 is 5.32 Å². The van der Waals surface area contributed by atoms with Crippen LogP contribution >= 0.6 is 0 Å². The van der Waals surface area contributed by atoms with Crippen LogP contribution in [0.2, 0.25) is 0 Å². The lowest BCUT2D eigenvalue weighted by Crippen LogP contribution is -2.35. The van der Waals surface area contributed by atoms with E-state index in [9.17, 15) is 0 Å². The minimum Gasteiger partial charge on any atom is -0.395 e. The predicted octanol–water partition coefficient (Wildman–Crippen LogP) is 0.831. The summed E-state index contributed by atoms with van der Waals surface area (Å²) in [6.07, 6.45) is 3.62. The molecule has 0 aromatic rings. The van der Waals surface area contributed by atoms with Gasteiger partial charge in [0.25, 0.3) is 0 Å². The van der Waals surface area contributed by atoms with E-state index in [-0.39, 0.29) is 0 Å². The maximum atomic E-state index is 9.12. The molecule has 3 nitrogen and oxygen atoms in total. The van der Waals surface area contributed by atoms with E-state index < -0.39 is 0 Å². The molecule has 0 amide bonds. The van der Waals surface area contributed by atoms with Crippen molar-refractivity contribution in [3.63, 3.8) is 0 Å². The zero-order valence-electron chi connectivity index (χ0n) is 9.50. The average Bonchev–Trinajstić information content (AvgIpc) is 2.59. The molecule has 0 aromatic carbocycles. The Kier molecular flexibility index (Phi) is 5.45. The molecule has 1 aliphatic rings. The smallest absolute Gasteiger partial charge is 0.0586 e. The second kappa shape index (κ2) is 6.38. The van der Waals surface area contributed by atoms with Crippen LogP contribution in [0.15, 0.2) is 0 Å². The van der Waals surface area contributed by atoms with E-state index in [1.807, 2.05) is 0 Å². The van der Waals surface area contributed by atoms with Gasteiger partial charge < -0.3 is 10.4 Å². The van der Waals surface area contributed by atoms with Crippen LogP contribution in [0.5, 0.6) is 0 Å². The van der Waals surface area contributed by atoms with Gasteiger partial charge in [-0.1, -0.05) is 13.8 Å². The summed E-state index contributed by atoms with van der Waals surface area (Å²) in [5.41, 5.74) is 0. The molecule has 0 aromatic heterocycles. The molecule has 0 spiro atoms. The first-order chi connectivity index (χ1) is 6.74. The molecule has 1 saturated heterocycles. The Morgan fingerprint density at radius 3 is 2.93 bits per heavy atom. The van der Waals surface area contributed by atoms with Gasteiger partial charge in [-0.25, -0.2) is 0 Å². The molecular formula is C11H24N2O. The summed E-state index contributed by atoms with van der Waals surface area (Å²) in [4.78, 5) is 2.42. The monoisotopic (exact) mass is 200 g/mol. The van der Waals surface area contributed by atoms with Crippen LogP contribution in [0.25, 0.3) is 0 Å². The van der Waals surface area contributed by atoms with E-state index in [1.165, 1.54) is 25.8 Å². The fourth-order valence-corrected chi connectivity index (χ4v) is 2.07. The van der Waals surface area contributed by atoms with Crippen molar-refractivity contribution in [1.82, 2.24) is 10.2 Å². The fraction of sp³-hybridized carbons (Fsp3) is 1.00. The number of likely N-dealkylation sites (tertiary alicyclic amines) is 1. The van der Waals surface area contributed by atoms with Crippen LogP contribution in [0.1, 0.15) is 33.1 Å². The van der Waals surface area contributed by atoms with Gasteiger partial charge in [0.2, 0.25) is 0 Å². The maximum Gasteiger partial charge on any atom is 0.0586 e. The number of aliphatic hydroxyl groups is 1. The molecule has 84 valence electrons. The number of hydrogen-bond acceptors (Lipinski definition) is 3. The average molecular weight is 200 g/mol. The zero-order chi connectivity index (χ0) is 10.4. The number of aliphatic hydroxyl groups excluding tert-OH is 1. The Morgan fingerprint density at radius 2 is 2.29 bits per heavy atom. The van der Waals surface area contributed by atoms with Gasteiger partial charge >= 0.3 is 0 Å². The quantitative estimate of drug-likeness (QED) is 0.623. The van der Waals surface area contributed by atoms with Gasteiger partial charge in [0.1, 0.15) is 0 Å². The summed E-state index contributed by atoms with van der Waals surface area (Å²) in [6.45, 7) is 8.07. The molecule has 14 heavy (non-hydrogen) atoms. The number of nitrogens with zero attached hydrogens (tertiary/aromatic N) is 1. The lowest BCUT2D eigenvalue weighted by atomic mass is 10.2. The van der Waals surface area contributed by atoms with Gasteiger partial charge in [0.15, 0.2) is 0 Å². The highest BCUT2D eigenvalue weighted by atomic mass is 16.3. The summed E-state index contributed by atoms with van der Waals surface area (Å²) < 4.78 is 0. The van der Waals surface area contributed by atoms with Crippen LogP contribution in [0.3, 0.4) is 0 Å². The predicted molar refractivity (Wildman–Crippen MR) is 59.4 cm³/mol. The molecule has 0 radical (unpaired) electrons. The number of hydrogen-bond donors (Lipinski definition) is 2. The molecule has 1 atom stereocenters. The first-order valence-electron chi connectivity index (χ1n) is 5.82. The van der Waals surface area contributed by atoms with Gasteiger partial charge in [0.05, 0.1) is 6.61 Å². The van der Waals surface area contributed by atoms with Gasteiger partial charge in [-0.05, 0) is 38.9 Å². The second-order valence-electron chi connectivity index (χ2n) is 4.48. The molecular weight excluding hydrogens is 176 g/mol. The van der Waals surface area contributed by atoms with Crippen LogP contribution in [-0.2, 0) is 0 Å². The van der Waals surface area contributed by atoms with Crippen LogP contribution in [0, 0.1) is 0 Å². The minimum absolute atomic E-state index is 0.331. The first-order valence-corrected chi connectivity index (χ1v) is 5.82. The SMILES string of the molecule is CC(C)NCCCN1CCCC1CO. The largest absolute Gasteiger partial charge is 0.395 e. The highest BCUT2D eigenvalue weighted by Gasteiger charge is 2.22. The standard InChI is InChI=1S/C11H24N2O/c1-10(2)12-6-4-8-13-7-3-5-11(13)9-14/h10-12,14H,3-9H2,1-2H3. The third kappa shape index (κ3) is 3.95. The van der Waals surface area contributed by atoms with Crippen molar-refractivity contribution in [3.8, 4) is 0 Å². The molecule has 0 bridgehead atoms. The Labute approximate surface area is 87.5 Å². The molecule has 3 heteroatoms. The highest BCUT2D eigenvalue weighted by molar-refractivity contribution is 4.78. The van der Waals surface area contributed by atoms with E-state index in [0.29, 0.717) is 18.7 Å². The number of rotatable bonds is 6. The summed E-state index contributed by atoms with van der Waals surface area (Å²) in [5, 5.41) is 12.5. The molecule has 1 heterocycles. The van der Waals surface area contributed by atoms with E-state index in [4.69, 9.17) is 5.11 Å². The molecule has 1 rings (SSSR count). The van der Waals surface area contributed by atoms with Gasteiger partial charge in [0, 0.05) is 12.1 Å². The minimum atomic E-state index is 0.331. The van der Waals surface area contributed by atoms with Crippen molar-refractivity contribution < 1.29 is 5.11 Å². The lowest BCUT2D eigenvalue weighted by Gasteiger charge is -2.22. The summed E-state index contributed by atoms with van der Waals surface area (Å²) in [5.74, 6) is 0. The molecule has 1 fully saturated rings. The topological polar surface area (TPSA) is 35.5 Å². The molecule has 1 unspecified atom stereocenters. The molecule has 2 N–H and O–H groups in total. The van der Waals surface area contributed by atoms with E-state index in [1.54, 1.807) is 0 Å². The summed E-state index contributed by atoms with van der Waals surface area (Å²) in [7, 11) is 0. The highest BCUT2D eigenvalue weighted by Crippen LogP contribution is 2.16. The first kappa shape index (κ1) is 12.0. The lowest BCUT2D eigenvalue weighted by molar-refractivity contribution is 0.157. The van der Waals surface area contributed by atoms with Crippen molar-refractivity contribution in [3.05, 3.63) is 0 Å². The maximum absolute atomic E-state index is 9.12. The van der Waals surface area contributed by atoms with Gasteiger partial charge in [-0.3, -0.25) is 4.90 Å². The third-order valence-electron chi connectivity index (χ3n) is 2.88. The molecule has 0 saturated carbocycles. The molecule has 0 aliphatic carbocycles. The van der Waals surface area contributed by atoms with E-state index in [2.05, 4.69) is 24.1 Å². The third-order valence-corrected chi connectivity index (χ3v) is 2.88. The van der Waals surface area contributed by atoms with Crippen molar-refractivity contribution >= 4 is 0 Å².